The maximum atomic E-state index is 11.3. The second-order valence-corrected chi connectivity index (χ2v) is 5.22. The number of carbonyl (C=O) groups is 1. The average molecular weight is 211 g/mol. The molecule has 1 saturated carbocycles. The van der Waals surface area contributed by atoms with E-state index >= 15 is 0 Å². The molecule has 0 spiro atoms. The SMILES string of the molecule is O=C1CSCC1N=CC1CCCCC1. The highest BCUT2D eigenvalue weighted by atomic mass is 32.2. The van der Waals surface area contributed by atoms with E-state index in [9.17, 15) is 4.79 Å². The van der Waals surface area contributed by atoms with Gasteiger partial charge in [0.1, 0.15) is 6.04 Å². The molecule has 0 amide bonds. The summed E-state index contributed by atoms with van der Waals surface area (Å²) in [5.74, 6) is 2.55. The van der Waals surface area contributed by atoms with E-state index in [1.54, 1.807) is 11.8 Å². The molecular formula is C11H17NOS. The van der Waals surface area contributed by atoms with Crippen LogP contribution in [0.2, 0.25) is 0 Å². The summed E-state index contributed by atoms with van der Waals surface area (Å²) in [6.45, 7) is 0. The Hall–Kier alpha value is -0.310. The minimum Gasteiger partial charge on any atom is -0.296 e. The quantitative estimate of drug-likeness (QED) is 0.656. The van der Waals surface area contributed by atoms with Gasteiger partial charge >= 0.3 is 0 Å². The van der Waals surface area contributed by atoms with E-state index < -0.39 is 0 Å². The maximum absolute atomic E-state index is 11.3. The summed E-state index contributed by atoms with van der Waals surface area (Å²) in [4.78, 5) is 15.7. The van der Waals surface area contributed by atoms with Gasteiger partial charge in [-0.15, -0.1) is 0 Å². The summed E-state index contributed by atoms with van der Waals surface area (Å²) in [6.07, 6.45) is 8.67. The number of carbonyl (C=O) groups excluding carboxylic acids is 1. The van der Waals surface area contributed by atoms with Crippen LogP contribution in [0.25, 0.3) is 0 Å². The third-order valence-electron chi connectivity index (χ3n) is 3.02. The van der Waals surface area contributed by atoms with Crippen molar-refractivity contribution in [1.29, 1.82) is 0 Å². The number of thioether (sulfide) groups is 1. The van der Waals surface area contributed by atoms with Crippen molar-refractivity contribution in [3.8, 4) is 0 Å². The van der Waals surface area contributed by atoms with Crippen LogP contribution in [0.3, 0.4) is 0 Å². The van der Waals surface area contributed by atoms with Crippen molar-refractivity contribution in [3.63, 3.8) is 0 Å². The van der Waals surface area contributed by atoms with Crippen molar-refractivity contribution < 1.29 is 4.79 Å². The molecule has 0 bridgehead atoms. The molecule has 1 atom stereocenters. The predicted octanol–water partition coefficient (Wildman–Crippen LogP) is 2.32. The monoisotopic (exact) mass is 211 g/mol. The first kappa shape index (κ1) is 10.2. The highest BCUT2D eigenvalue weighted by Crippen LogP contribution is 2.23. The molecule has 0 radical (unpaired) electrons. The van der Waals surface area contributed by atoms with Crippen molar-refractivity contribution in [2.75, 3.05) is 11.5 Å². The van der Waals surface area contributed by atoms with Crippen LogP contribution < -0.4 is 0 Å². The Morgan fingerprint density at radius 2 is 2.07 bits per heavy atom. The molecule has 0 N–H and O–H groups in total. The highest BCUT2D eigenvalue weighted by molar-refractivity contribution is 8.00. The largest absolute Gasteiger partial charge is 0.296 e. The van der Waals surface area contributed by atoms with Crippen LogP contribution >= 0.6 is 11.8 Å². The van der Waals surface area contributed by atoms with E-state index in [0.29, 0.717) is 17.5 Å². The van der Waals surface area contributed by atoms with Crippen LogP contribution in [0.15, 0.2) is 4.99 Å². The summed E-state index contributed by atoms with van der Waals surface area (Å²) < 4.78 is 0. The van der Waals surface area contributed by atoms with E-state index in [2.05, 4.69) is 11.2 Å². The second-order valence-electron chi connectivity index (χ2n) is 4.19. The zero-order chi connectivity index (χ0) is 9.80. The zero-order valence-electron chi connectivity index (χ0n) is 8.45. The third kappa shape index (κ3) is 2.59. The predicted molar refractivity (Wildman–Crippen MR) is 61.2 cm³/mol. The molecule has 0 aromatic rings. The van der Waals surface area contributed by atoms with Gasteiger partial charge in [0.05, 0.1) is 5.75 Å². The molecule has 3 heteroatoms. The van der Waals surface area contributed by atoms with Gasteiger partial charge in [0.15, 0.2) is 5.78 Å². The number of hydrogen-bond acceptors (Lipinski definition) is 3. The summed E-state index contributed by atoms with van der Waals surface area (Å²) in [7, 11) is 0. The summed E-state index contributed by atoms with van der Waals surface area (Å²) in [5, 5.41) is 0. The van der Waals surface area contributed by atoms with Crippen molar-refractivity contribution in [2.24, 2.45) is 10.9 Å². The van der Waals surface area contributed by atoms with Gasteiger partial charge in [-0.1, -0.05) is 19.3 Å². The van der Waals surface area contributed by atoms with E-state index in [1.807, 2.05) is 0 Å². The molecule has 2 rings (SSSR count). The normalized spacial score (nSPS) is 30.3. The molecule has 1 unspecified atom stereocenters. The minimum atomic E-state index is -0.0121. The van der Waals surface area contributed by atoms with Gasteiger partial charge in [0, 0.05) is 12.0 Å². The first-order valence-corrected chi connectivity index (χ1v) is 6.65. The molecule has 2 fully saturated rings. The van der Waals surface area contributed by atoms with E-state index in [-0.39, 0.29) is 6.04 Å². The van der Waals surface area contributed by atoms with E-state index in [4.69, 9.17) is 0 Å². The standard InChI is InChI=1S/C11H17NOS/c13-11-8-14-7-10(11)12-6-9-4-2-1-3-5-9/h6,9-10H,1-5,7-8H2. The topological polar surface area (TPSA) is 29.4 Å². The van der Waals surface area contributed by atoms with Gasteiger partial charge in [-0.25, -0.2) is 0 Å². The Labute approximate surface area is 89.6 Å². The molecule has 78 valence electrons. The third-order valence-corrected chi connectivity index (χ3v) is 4.06. The fourth-order valence-corrected chi connectivity index (χ4v) is 3.10. The van der Waals surface area contributed by atoms with Crippen LogP contribution in [-0.4, -0.2) is 29.5 Å². The lowest BCUT2D eigenvalue weighted by molar-refractivity contribution is -0.116. The van der Waals surface area contributed by atoms with Crippen LogP contribution in [0.5, 0.6) is 0 Å². The van der Waals surface area contributed by atoms with Gasteiger partial charge in [0.2, 0.25) is 0 Å². The Balaban J connectivity index is 1.82. The molecule has 1 heterocycles. The zero-order valence-corrected chi connectivity index (χ0v) is 9.26. The molecule has 1 saturated heterocycles. The van der Waals surface area contributed by atoms with E-state index in [0.717, 1.165) is 5.75 Å². The van der Waals surface area contributed by atoms with E-state index in [1.165, 1.54) is 32.1 Å². The molecular weight excluding hydrogens is 194 g/mol. The van der Waals surface area contributed by atoms with Crippen molar-refractivity contribution >= 4 is 23.8 Å². The van der Waals surface area contributed by atoms with Crippen LogP contribution in [0, 0.1) is 5.92 Å². The first-order chi connectivity index (χ1) is 6.86. The Bertz CT molecular complexity index is 233. The molecule has 1 aliphatic heterocycles. The van der Waals surface area contributed by atoms with Gasteiger partial charge in [-0.2, -0.15) is 11.8 Å². The number of rotatable bonds is 2. The molecule has 0 aromatic heterocycles. The summed E-state index contributed by atoms with van der Waals surface area (Å²) in [5.41, 5.74) is 0. The Morgan fingerprint density at radius 1 is 1.29 bits per heavy atom. The number of nitrogens with zero attached hydrogens (tertiary/aromatic N) is 1. The van der Waals surface area contributed by atoms with Gasteiger partial charge in [0.25, 0.3) is 0 Å². The van der Waals surface area contributed by atoms with Gasteiger partial charge < -0.3 is 0 Å². The number of hydrogen-bond donors (Lipinski definition) is 0. The lowest BCUT2D eigenvalue weighted by Gasteiger charge is -2.17. The molecule has 14 heavy (non-hydrogen) atoms. The Kier molecular flexibility index (Phi) is 3.62. The average Bonchev–Trinajstić information content (AvgIpc) is 2.63. The van der Waals surface area contributed by atoms with Crippen LogP contribution in [-0.2, 0) is 4.79 Å². The minimum absolute atomic E-state index is 0.0121. The maximum Gasteiger partial charge on any atom is 0.167 e. The number of Topliss-reactive ketones (excluding diaryl/α,β-unsaturated/α-hetero) is 1. The smallest absolute Gasteiger partial charge is 0.167 e. The molecule has 2 aliphatic rings. The highest BCUT2D eigenvalue weighted by Gasteiger charge is 2.23. The fraction of sp³-hybridized carbons (Fsp3) is 0.818. The van der Waals surface area contributed by atoms with Crippen LogP contribution in [0.4, 0.5) is 0 Å². The second kappa shape index (κ2) is 4.96. The summed E-state index contributed by atoms with van der Waals surface area (Å²) in [6, 6.07) is -0.0121. The first-order valence-electron chi connectivity index (χ1n) is 5.50. The van der Waals surface area contributed by atoms with Crippen LogP contribution in [0.1, 0.15) is 32.1 Å². The lowest BCUT2D eigenvalue weighted by atomic mass is 9.90. The van der Waals surface area contributed by atoms with Gasteiger partial charge in [-0.05, 0) is 18.8 Å². The number of ketones is 1. The van der Waals surface area contributed by atoms with Crippen molar-refractivity contribution in [2.45, 2.75) is 38.1 Å². The van der Waals surface area contributed by atoms with Crippen molar-refractivity contribution in [1.82, 2.24) is 0 Å². The summed E-state index contributed by atoms with van der Waals surface area (Å²) >= 11 is 1.71. The Morgan fingerprint density at radius 3 is 2.71 bits per heavy atom. The van der Waals surface area contributed by atoms with Crippen molar-refractivity contribution in [3.05, 3.63) is 0 Å². The molecule has 2 nitrogen and oxygen atoms in total. The van der Waals surface area contributed by atoms with Gasteiger partial charge in [-0.3, -0.25) is 9.79 Å². The lowest BCUT2D eigenvalue weighted by Crippen LogP contribution is -2.17. The number of aliphatic imine (C=N–C) groups is 1. The fourth-order valence-electron chi connectivity index (χ4n) is 2.10. The molecule has 1 aliphatic carbocycles. The molecule has 0 aromatic carbocycles.